The second kappa shape index (κ2) is 12.3. The molecule has 3 fully saturated rings. The number of guanidine groups is 1. The molecular formula is C21H40N4O2S. The minimum atomic E-state index is 0.209. The number of nitrogens with one attached hydrogen (secondary N) is 2. The van der Waals surface area contributed by atoms with Gasteiger partial charge in [-0.2, -0.15) is 11.8 Å². The Morgan fingerprint density at radius 2 is 2.04 bits per heavy atom. The van der Waals surface area contributed by atoms with Gasteiger partial charge in [-0.15, -0.1) is 0 Å². The summed E-state index contributed by atoms with van der Waals surface area (Å²) < 4.78 is 11.6. The largest absolute Gasteiger partial charge is 0.379 e. The predicted octanol–water partition coefficient (Wildman–Crippen LogP) is 2.49. The zero-order valence-corrected chi connectivity index (χ0v) is 18.5. The van der Waals surface area contributed by atoms with Crippen LogP contribution < -0.4 is 10.6 Å². The van der Waals surface area contributed by atoms with Gasteiger partial charge in [0.2, 0.25) is 0 Å². The molecule has 3 aliphatic rings. The van der Waals surface area contributed by atoms with Crippen LogP contribution in [-0.4, -0.2) is 86.6 Å². The van der Waals surface area contributed by atoms with Gasteiger partial charge in [0.05, 0.1) is 31.4 Å². The lowest BCUT2D eigenvalue weighted by molar-refractivity contribution is -0.0104. The molecule has 1 saturated carbocycles. The van der Waals surface area contributed by atoms with Crippen molar-refractivity contribution in [3.8, 4) is 0 Å². The lowest BCUT2D eigenvalue weighted by Crippen LogP contribution is -2.56. The van der Waals surface area contributed by atoms with Gasteiger partial charge in [-0.05, 0) is 38.4 Å². The first-order chi connectivity index (χ1) is 13.8. The molecule has 0 aromatic carbocycles. The topological polar surface area (TPSA) is 58.1 Å². The van der Waals surface area contributed by atoms with E-state index >= 15 is 0 Å². The number of hydrogen-bond donors (Lipinski definition) is 2. The number of nitrogens with zero attached hydrogens (tertiary/aromatic N) is 2. The van der Waals surface area contributed by atoms with E-state index in [0.29, 0.717) is 6.10 Å². The third-order valence-electron chi connectivity index (χ3n) is 6.16. The van der Waals surface area contributed by atoms with Crippen LogP contribution in [0.1, 0.15) is 51.9 Å². The fraction of sp³-hybridized carbons (Fsp3) is 0.952. The fourth-order valence-corrected chi connectivity index (χ4v) is 5.90. The summed E-state index contributed by atoms with van der Waals surface area (Å²) in [5, 5.41) is 6.93. The molecule has 0 aromatic heterocycles. The highest BCUT2D eigenvalue weighted by Gasteiger charge is 2.40. The lowest BCUT2D eigenvalue weighted by Gasteiger charge is -2.42. The smallest absolute Gasteiger partial charge is 0.191 e. The summed E-state index contributed by atoms with van der Waals surface area (Å²) in [4.78, 5) is 7.61. The molecule has 2 heterocycles. The maximum absolute atomic E-state index is 6.04. The van der Waals surface area contributed by atoms with Gasteiger partial charge in [-0.1, -0.05) is 19.3 Å². The average molecular weight is 413 g/mol. The van der Waals surface area contributed by atoms with Crippen molar-refractivity contribution in [2.24, 2.45) is 4.99 Å². The van der Waals surface area contributed by atoms with E-state index in [0.717, 1.165) is 64.9 Å². The summed E-state index contributed by atoms with van der Waals surface area (Å²) in [6.07, 6.45) is 9.32. The maximum Gasteiger partial charge on any atom is 0.191 e. The molecule has 1 atom stereocenters. The van der Waals surface area contributed by atoms with Crippen LogP contribution in [0, 0.1) is 0 Å². The van der Waals surface area contributed by atoms with Crippen LogP contribution in [0.15, 0.2) is 4.99 Å². The van der Waals surface area contributed by atoms with Crippen LogP contribution in [0.25, 0.3) is 0 Å². The number of morpholine rings is 1. The van der Waals surface area contributed by atoms with E-state index in [1.54, 1.807) is 0 Å². The third kappa shape index (κ3) is 6.78. The Morgan fingerprint density at radius 3 is 2.75 bits per heavy atom. The Morgan fingerprint density at radius 1 is 1.21 bits per heavy atom. The quantitative estimate of drug-likeness (QED) is 0.345. The molecule has 2 aliphatic heterocycles. The van der Waals surface area contributed by atoms with Gasteiger partial charge in [-0.25, -0.2) is 0 Å². The van der Waals surface area contributed by atoms with Crippen LogP contribution in [0.3, 0.4) is 0 Å². The summed E-state index contributed by atoms with van der Waals surface area (Å²) in [5.41, 5.74) is 0.209. The van der Waals surface area contributed by atoms with E-state index in [2.05, 4.69) is 34.2 Å². The van der Waals surface area contributed by atoms with Crippen molar-refractivity contribution in [3.05, 3.63) is 0 Å². The molecule has 2 saturated heterocycles. The molecule has 1 unspecified atom stereocenters. The lowest BCUT2D eigenvalue weighted by atomic mass is 9.96. The minimum Gasteiger partial charge on any atom is -0.379 e. The minimum absolute atomic E-state index is 0.209. The molecule has 7 heteroatoms. The van der Waals surface area contributed by atoms with Gasteiger partial charge in [0.1, 0.15) is 0 Å². The van der Waals surface area contributed by atoms with Crippen molar-refractivity contribution < 1.29 is 9.47 Å². The van der Waals surface area contributed by atoms with Crippen molar-refractivity contribution >= 4 is 17.7 Å². The van der Waals surface area contributed by atoms with Crippen LogP contribution in [0.4, 0.5) is 0 Å². The predicted molar refractivity (Wildman–Crippen MR) is 118 cm³/mol. The molecule has 6 nitrogen and oxygen atoms in total. The summed E-state index contributed by atoms with van der Waals surface area (Å²) in [7, 11) is 0. The normalized spacial score (nSPS) is 27.8. The SMILES string of the molecule is CCNC(=NCC1(N2CCOCC2)CCSC1)NCCCOC1CCCCC1. The highest BCUT2D eigenvalue weighted by molar-refractivity contribution is 7.99. The standard InChI is InChI=1S/C21H40N4O2S/c1-2-22-20(23-10-6-13-27-19-7-4-3-5-8-19)24-17-21(9-16-28-18-21)25-11-14-26-15-12-25/h19H,2-18H2,1H3,(H2,22,23,24). The number of ether oxygens (including phenoxy) is 2. The second-order valence-electron chi connectivity index (χ2n) is 8.23. The number of hydrogen-bond acceptors (Lipinski definition) is 5. The van der Waals surface area contributed by atoms with E-state index in [9.17, 15) is 0 Å². The van der Waals surface area contributed by atoms with E-state index < -0.39 is 0 Å². The molecule has 0 spiro atoms. The molecule has 0 amide bonds. The highest BCUT2D eigenvalue weighted by atomic mass is 32.2. The molecule has 3 rings (SSSR count). The van der Waals surface area contributed by atoms with Gasteiger partial charge in [0, 0.05) is 38.5 Å². The van der Waals surface area contributed by atoms with Crippen molar-refractivity contribution in [1.82, 2.24) is 15.5 Å². The second-order valence-corrected chi connectivity index (χ2v) is 9.34. The number of thioether (sulfide) groups is 1. The van der Waals surface area contributed by atoms with Crippen LogP contribution in [-0.2, 0) is 9.47 Å². The third-order valence-corrected chi connectivity index (χ3v) is 7.39. The molecule has 0 bridgehead atoms. The molecule has 162 valence electrons. The maximum atomic E-state index is 6.04. The Bertz CT molecular complexity index is 459. The van der Waals surface area contributed by atoms with Gasteiger partial charge in [0.25, 0.3) is 0 Å². The molecule has 0 radical (unpaired) electrons. The van der Waals surface area contributed by atoms with Crippen molar-refractivity contribution in [3.63, 3.8) is 0 Å². The molecular weight excluding hydrogens is 372 g/mol. The fourth-order valence-electron chi connectivity index (χ4n) is 4.44. The number of rotatable bonds is 9. The van der Waals surface area contributed by atoms with Crippen LogP contribution in [0.2, 0.25) is 0 Å². The van der Waals surface area contributed by atoms with Crippen molar-refractivity contribution in [1.29, 1.82) is 0 Å². The summed E-state index contributed by atoms with van der Waals surface area (Å²) >= 11 is 2.07. The molecule has 1 aliphatic carbocycles. The summed E-state index contributed by atoms with van der Waals surface area (Å²) in [6.45, 7) is 9.45. The monoisotopic (exact) mass is 412 g/mol. The Kier molecular flexibility index (Phi) is 9.71. The Balaban J connectivity index is 1.43. The van der Waals surface area contributed by atoms with Gasteiger partial charge in [0.15, 0.2) is 5.96 Å². The summed E-state index contributed by atoms with van der Waals surface area (Å²) in [6, 6.07) is 0. The van der Waals surface area contributed by atoms with E-state index in [-0.39, 0.29) is 5.54 Å². The van der Waals surface area contributed by atoms with Crippen molar-refractivity contribution in [2.75, 3.05) is 64.1 Å². The van der Waals surface area contributed by atoms with Crippen LogP contribution >= 0.6 is 11.8 Å². The summed E-state index contributed by atoms with van der Waals surface area (Å²) in [5.74, 6) is 3.38. The zero-order chi connectivity index (χ0) is 19.5. The molecule has 28 heavy (non-hydrogen) atoms. The Labute approximate surface area is 175 Å². The van der Waals surface area contributed by atoms with Gasteiger partial charge in [-0.3, -0.25) is 9.89 Å². The first-order valence-corrected chi connectivity index (χ1v) is 12.5. The van der Waals surface area contributed by atoms with Crippen LogP contribution in [0.5, 0.6) is 0 Å². The van der Waals surface area contributed by atoms with Crippen molar-refractivity contribution in [2.45, 2.75) is 63.5 Å². The first kappa shape index (κ1) is 22.2. The average Bonchev–Trinajstić information content (AvgIpc) is 3.23. The molecule has 2 N–H and O–H groups in total. The number of aliphatic imine (C=N–C) groups is 1. The highest BCUT2D eigenvalue weighted by Crippen LogP contribution is 2.34. The Hall–Kier alpha value is -0.500. The first-order valence-electron chi connectivity index (χ1n) is 11.4. The van der Waals surface area contributed by atoms with Gasteiger partial charge >= 0.3 is 0 Å². The van der Waals surface area contributed by atoms with Gasteiger partial charge < -0.3 is 20.1 Å². The van der Waals surface area contributed by atoms with E-state index in [4.69, 9.17) is 14.5 Å². The molecule has 0 aromatic rings. The zero-order valence-electron chi connectivity index (χ0n) is 17.7. The van der Waals surface area contributed by atoms with E-state index in [1.165, 1.54) is 50.0 Å². The van der Waals surface area contributed by atoms with E-state index in [1.807, 2.05) is 0 Å².